The summed E-state index contributed by atoms with van der Waals surface area (Å²) in [6.45, 7) is 3.26. The molecule has 0 radical (unpaired) electrons. The van der Waals surface area contributed by atoms with E-state index in [9.17, 15) is 10.1 Å². The summed E-state index contributed by atoms with van der Waals surface area (Å²) in [5, 5.41) is 10.3. The van der Waals surface area contributed by atoms with Crippen LogP contribution in [0.15, 0.2) is 23.4 Å². The fraction of sp³-hybridized carbons (Fsp3) is 0.200. The van der Waals surface area contributed by atoms with Gasteiger partial charge in [-0.3, -0.25) is 10.1 Å². The van der Waals surface area contributed by atoms with E-state index in [0.29, 0.717) is 0 Å². The molecule has 2 N–H and O–H groups in total. The van der Waals surface area contributed by atoms with Crippen LogP contribution >= 0.6 is 11.8 Å². The van der Waals surface area contributed by atoms with Crippen LogP contribution in [0, 0.1) is 10.1 Å². The number of allylic oxidation sites excluding steroid dienone is 1. The van der Waals surface area contributed by atoms with Crippen molar-refractivity contribution >= 4 is 11.8 Å². The Balaban J connectivity index is 4.62. The van der Waals surface area contributed by atoms with Gasteiger partial charge >= 0.3 is 0 Å². The van der Waals surface area contributed by atoms with E-state index in [1.54, 1.807) is 6.26 Å². The highest BCUT2D eigenvalue weighted by Gasteiger charge is 2.09. The highest BCUT2D eigenvalue weighted by molar-refractivity contribution is 8.02. The third-order valence-corrected chi connectivity index (χ3v) is 1.51. The molecule has 0 heterocycles. The summed E-state index contributed by atoms with van der Waals surface area (Å²) < 4.78 is 0. The molecule has 0 aliphatic heterocycles. The molecular formula is C5H8N2O2S. The first-order valence-corrected chi connectivity index (χ1v) is 3.66. The minimum Gasteiger partial charge on any atom is -0.388 e. The van der Waals surface area contributed by atoms with Crippen LogP contribution in [0.5, 0.6) is 0 Å². The molecule has 0 amide bonds. The maximum Gasteiger partial charge on any atom is 0.298 e. The Hall–Kier alpha value is -0.970. The van der Waals surface area contributed by atoms with Gasteiger partial charge in [0.15, 0.2) is 0 Å². The molecule has 0 spiro atoms. The maximum absolute atomic E-state index is 10.1. The van der Waals surface area contributed by atoms with E-state index in [4.69, 9.17) is 5.73 Å². The summed E-state index contributed by atoms with van der Waals surface area (Å²) in [7, 11) is 0. The molecule has 56 valence electrons. The van der Waals surface area contributed by atoms with Gasteiger partial charge in [0, 0.05) is 6.08 Å². The summed E-state index contributed by atoms with van der Waals surface area (Å²) >= 11 is 1.13. The first-order chi connectivity index (χ1) is 4.63. The van der Waals surface area contributed by atoms with Gasteiger partial charge in [0.1, 0.15) is 5.03 Å². The Morgan fingerprint density at radius 2 is 2.40 bits per heavy atom. The van der Waals surface area contributed by atoms with Crippen LogP contribution < -0.4 is 5.73 Å². The molecule has 0 atom stereocenters. The highest BCUT2D eigenvalue weighted by atomic mass is 32.2. The number of nitrogens with two attached hydrogens (primary N) is 1. The largest absolute Gasteiger partial charge is 0.388 e. The Morgan fingerprint density at radius 3 is 2.50 bits per heavy atom. The average Bonchev–Trinajstić information content (AvgIpc) is 1.88. The van der Waals surface area contributed by atoms with Crippen LogP contribution in [0.25, 0.3) is 0 Å². The van der Waals surface area contributed by atoms with Gasteiger partial charge in [0.2, 0.25) is 0 Å². The lowest BCUT2D eigenvalue weighted by atomic mass is 10.5. The number of hydrogen-bond donors (Lipinski definition) is 1. The molecule has 0 aromatic rings. The molecule has 0 fully saturated rings. The van der Waals surface area contributed by atoms with Gasteiger partial charge in [-0.1, -0.05) is 6.58 Å². The predicted octanol–water partition coefficient (Wildman–Crippen LogP) is 0.940. The molecule has 0 aromatic carbocycles. The molecule has 0 saturated heterocycles. The third kappa shape index (κ3) is 2.10. The van der Waals surface area contributed by atoms with E-state index in [1.807, 2.05) is 0 Å². The Kier molecular flexibility index (Phi) is 3.56. The molecule has 4 nitrogen and oxygen atoms in total. The van der Waals surface area contributed by atoms with Gasteiger partial charge in [-0.05, 0) is 6.26 Å². The molecule has 0 aliphatic carbocycles. The van der Waals surface area contributed by atoms with Gasteiger partial charge in [-0.15, -0.1) is 11.8 Å². The normalized spacial score (nSPS) is 12.1. The van der Waals surface area contributed by atoms with Crippen molar-refractivity contribution in [3.63, 3.8) is 0 Å². The SMILES string of the molecule is C=C/C(=C(/N)SC)[N+](=O)[O-]. The van der Waals surface area contributed by atoms with Crippen LogP contribution in [0.3, 0.4) is 0 Å². The van der Waals surface area contributed by atoms with Crippen molar-refractivity contribution in [2.45, 2.75) is 0 Å². The average molecular weight is 160 g/mol. The van der Waals surface area contributed by atoms with Gasteiger partial charge in [-0.2, -0.15) is 0 Å². The van der Waals surface area contributed by atoms with E-state index in [-0.39, 0.29) is 10.7 Å². The molecule has 0 aliphatic rings. The van der Waals surface area contributed by atoms with E-state index in [0.717, 1.165) is 17.8 Å². The van der Waals surface area contributed by atoms with Gasteiger partial charge in [0.05, 0.1) is 4.92 Å². The van der Waals surface area contributed by atoms with Crippen LogP contribution in [-0.4, -0.2) is 11.2 Å². The zero-order chi connectivity index (χ0) is 8.15. The van der Waals surface area contributed by atoms with E-state index in [1.165, 1.54) is 0 Å². The van der Waals surface area contributed by atoms with Gasteiger partial charge < -0.3 is 5.73 Å². The lowest BCUT2D eigenvalue weighted by molar-refractivity contribution is -0.419. The number of nitrogens with zero attached hydrogens (tertiary/aromatic N) is 1. The zero-order valence-corrected chi connectivity index (χ0v) is 6.35. The van der Waals surface area contributed by atoms with Crippen molar-refractivity contribution < 1.29 is 4.92 Å². The zero-order valence-electron chi connectivity index (χ0n) is 5.53. The van der Waals surface area contributed by atoms with E-state index < -0.39 is 4.92 Å². The quantitative estimate of drug-likeness (QED) is 0.379. The first kappa shape index (κ1) is 9.03. The van der Waals surface area contributed by atoms with Crippen molar-refractivity contribution in [2.24, 2.45) is 5.73 Å². The Labute approximate surface area is 62.9 Å². The molecule has 0 aromatic heterocycles. The van der Waals surface area contributed by atoms with Crippen molar-refractivity contribution in [3.8, 4) is 0 Å². The van der Waals surface area contributed by atoms with Crippen molar-refractivity contribution in [1.82, 2.24) is 0 Å². The van der Waals surface area contributed by atoms with Crippen LogP contribution in [0.1, 0.15) is 0 Å². The third-order valence-electron chi connectivity index (χ3n) is 0.862. The standard InChI is InChI=1S/C5H8N2O2S/c1-3-4(7(8)9)5(6)10-2/h3H,1,6H2,2H3/b5-4+. The minimum atomic E-state index is -0.557. The van der Waals surface area contributed by atoms with Crippen LogP contribution in [0.2, 0.25) is 0 Å². The fourth-order valence-electron chi connectivity index (χ4n) is 0.370. The van der Waals surface area contributed by atoms with E-state index in [2.05, 4.69) is 6.58 Å². The summed E-state index contributed by atoms with van der Waals surface area (Å²) in [4.78, 5) is 9.56. The van der Waals surface area contributed by atoms with Gasteiger partial charge in [0.25, 0.3) is 5.70 Å². The predicted molar refractivity (Wildman–Crippen MR) is 41.9 cm³/mol. The van der Waals surface area contributed by atoms with Gasteiger partial charge in [-0.25, -0.2) is 0 Å². The molecule has 0 bridgehead atoms. The maximum atomic E-state index is 10.1. The summed E-state index contributed by atoms with van der Waals surface area (Å²) in [6.07, 6.45) is 2.80. The Morgan fingerprint density at radius 1 is 1.90 bits per heavy atom. The molecule has 0 rings (SSSR count). The molecule has 0 saturated carbocycles. The molecule has 10 heavy (non-hydrogen) atoms. The van der Waals surface area contributed by atoms with Crippen molar-refractivity contribution in [3.05, 3.63) is 33.5 Å². The summed E-state index contributed by atoms with van der Waals surface area (Å²) in [5.41, 5.74) is 5.13. The summed E-state index contributed by atoms with van der Waals surface area (Å²) in [5.74, 6) is 0. The first-order valence-electron chi connectivity index (χ1n) is 2.44. The number of rotatable bonds is 3. The molecule has 5 heteroatoms. The van der Waals surface area contributed by atoms with Crippen molar-refractivity contribution in [1.29, 1.82) is 0 Å². The van der Waals surface area contributed by atoms with Crippen LogP contribution in [-0.2, 0) is 0 Å². The second-order valence-corrected chi connectivity index (χ2v) is 2.26. The smallest absolute Gasteiger partial charge is 0.298 e. The monoisotopic (exact) mass is 160 g/mol. The second kappa shape index (κ2) is 3.94. The molecule has 0 unspecified atom stereocenters. The number of thioether (sulfide) groups is 1. The Bertz CT molecular complexity index is 188. The second-order valence-electron chi connectivity index (χ2n) is 1.41. The van der Waals surface area contributed by atoms with E-state index >= 15 is 0 Å². The topological polar surface area (TPSA) is 69.2 Å². The highest BCUT2D eigenvalue weighted by Crippen LogP contribution is 2.11. The van der Waals surface area contributed by atoms with Crippen molar-refractivity contribution in [2.75, 3.05) is 6.26 Å². The summed E-state index contributed by atoms with van der Waals surface area (Å²) in [6, 6.07) is 0. The lowest BCUT2D eigenvalue weighted by Crippen LogP contribution is -2.04. The fourth-order valence-corrected chi connectivity index (χ4v) is 0.737. The minimum absolute atomic E-state index is 0.132. The van der Waals surface area contributed by atoms with Crippen LogP contribution in [0.4, 0.5) is 0 Å². The molecular weight excluding hydrogens is 152 g/mol. The number of hydrogen-bond acceptors (Lipinski definition) is 4. The number of nitro groups is 1. The lowest BCUT2D eigenvalue weighted by Gasteiger charge is -1.94.